The zero-order valence-corrected chi connectivity index (χ0v) is 20.1. The van der Waals surface area contributed by atoms with E-state index in [1.165, 1.54) is 6.42 Å². The lowest BCUT2D eigenvalue weighted by Crippen LogP contribution is -2.42. The molecule has 1 fully saturated rings. The molecule has 33 heavy (non-hydrogen) atoms. The van der Waals surface area contributed by atoms with Crippen molar-refractivity contribution in [2.45, 2.75) is 71.8 Å². The van der Waals surface area contributed by atoms with Crippen LogP contribution in [0.1, 0.15) is 76.2 Å². The largest absolute Gasteiger partial charge is 0.332 e. The molecule has 4 rings (SSSR count). The third-order valence-corrected chi connectivity index (χ3v) is 6.82. The van der Waals surface area contributed by atoms with E-state index in [1.54, 1.807) is 4.57 Å². The molecule has 0 bridgehead atoms. The van der Waals surface area contributed by atoms with Crippen LogP contribution >= 0.6 is 0 Å². The number of amides is 1. The molecule has 1 heterocycles. The molecule has 1 saturated carbocycles. The summed E-state index contributed by atoms with van der Waals surface area (Å²) < 4.78 is 1.74. The van der Waals surface area contributed by atoms with Crippen molar-refractivity contribution in [3.8, 4) is 5.69 Å². The van der Waals surface area contributed by atoms with Gasteiger partial charge in [0.05, 0.1) is 22.6 Å². The van der Waals surface area contributed by atoms with Gasteiger partial charge in [-0.25, -0.2) is 4.98 Å². The predicted molar refractivity (Wildman–Crippen MR) is 134 cm³/mol. The fraction of sp³-hybridized carbons (Fsp3) is 0.464. The number of hydrogen-bond acceptors (Lipinski definition) is 3. The van der Waals surface area contributed by atoms with E-state index >= 15 is 0 Å². The van der Waals surface area contributed by atoms with Gasteiger partial charge in [-0.05, 0) is 62.4 Å². The Bertz CT molecular complexity index is 1180. The minimum Gasteiger partial charge on any atom is -0.332 e. The molecule has 1 atom stereocenters. The van der Waals surface area contributed by atoms with Crippen molar-refractivity contribution in [3.05, 3.63) is 70.3 Å². The lowest BCUT2D eigenvalue weighted by Gasteiger charge is -2.35. The highest BCUT2D eigenvalue weighted by Crippen LogP contribution is 2.32. The number of carbonyl (C=O) groups excluding carboxylic acids is 1. The van der Waals surface area contributed by atoms with Crippen LogP contribution in [-0.4, -0.2) is 26.9 Å². The Labute approximate surface area is 196 Å². The van der Waals surface area contributed by atoms with Crippen LogP contribution in [0.25, 0.3) is 16.6 Å². The van der Waals surface area contributed by atoms with Crippen molar-refractivity contribution < 1.29 is 4.79 Å². The summed E-state index contributed by atoms with van der Waals surface area (Å²) in [5.74, 6) is 0.963. The number of rotatable bonds is 7. The maximum Gasteiger partial charge on any atom is 0.266 e. The molecule has 1 aliphatic rings. The van der Waals surface area contributed by atoms with E-state index in [2.05, 4.69) is 13.8 Å². The van der Waals surface area contributed by atoms with E-state index in [1.807, 2.05) is 60.4 Å². The van der Waals surface area contributed by atoms with Crippen LogP contribution in [-0.2, 0) is 4.79 Å². The summed E-state index contributed by atoms with van der Waals surface area (Å²) in [6.07, 6.45) is 6.96. The van der Waals surface area contributed by atoms with Crippen molar-refractivity contribution in [2.24, 2.45) is 5.92 Å². The Morgan fingerprint density at radius 3 is 2.55 bits per heavy atom. The number of benzene rings is 2. The molecule has 5 heteroatoms. The first kappa shape index (κ1) is 23.2. The average molecular weight is 446 g/mol. The van der Waals surface area contributed by atoms with E-state index in [-0.39, 0.29) is 23.4 Å². The van der Waals surface area contributed by atoms with Crippen LogP contribution in [0.4, 0.5) is 0 Å². The molecule has 1 aliphatic carbocycles. The smallest absolute Gasteiger partial charge is 0.266 e. The number of carbonyl (C=O) groups is 1. The standard InChI is InChI=1S/C28H35N3O2/c1-4-18-30(27(32)21-13-7-6-8-14-21)25(5-2)26-29-24-17-10-9-16-23(24)28(33)31(26)22-15-11-12-20(3)19-22/h9-12,15-17,19,21,25H,4-8,13-14,18H2,1-3H3. The van der Waals surface area contributed by atoms with Gasteiger partial charge in [-0.1, -0.05) is 57.4 Å². The second-order valence-corrected chi connectivity index (χ2v) is 9.26. The topological polar surface area (TPSA) is 55.2 Å². The molecule has 2 aromatic carbocycles. The van der Waals surface area contributed by atoms with Gasteiger partial charge in [0.2, 0.25) is 5.91 Å². The zero-order valence-electron chi connectivity index (χ0n) is 20.1. The Morgan fingerprint density at radius 2 is 1.85 bits per heavy atom. The number of aryl methyl sites for hydroxylation is 1. The maximum atomic E-state index is 13.8. The third kappa shape index (κ3) is 4.73. The molecule has 174 valence electrons. The van der Waals surface area contributed by atoms with Gasteiger partial charge >= 0.3 is 0 Å². The average Bonchev–Trinajstić information content (AvgIpc) is 2.84. The van der Waals surface area contributed by atoms with Crippen LogP contribution in [0.5, 0.6) is 0 Å². The first-order valence-electron chi connectivity index (χ1n) is 12.4. The summed E-state index contributed by atoms with van der Waals surface area (Å²) in [6, 6.07) is 15.2. The van der Waals surface area contributed by atoms with Crippen LogP contribution in [0.15, 0.2) is 53.3 Å². The Hall–Kier alpha value is -2.95. The van der Waals surface area contributed by atoms with E-state index in [4.69, 9.17) is 4.98 Å². The van der Waals surface area contributed by atoms with Gasteiger partial charge in [-0.3, -0.25) is 14.2 Å². The molecule has 1 unspecified atom stereocenters. The molecule has 1 aromatic heterocycles. The molecule has 1 amide bonds. The van der Waals surface area contributed by atoms with Crippen LogP contribution in [0.2, 0.25) is 0 Å². The van der Waals surface area contributed by atoms with Crippen molar-refractivity contribution >= 4 is 16.8 Å². The van der Waals surface area contributed by atoms with Crippen molar-refractivity contribution in [1.82, 2.24) is 14.5 Å². The van der Waals surface area contributed by atoms with Crippen LogP contribution < -0.4 is 5.56 Å². The van der Waals surface area contributed by atoms with E-state index in [9.17, 15) is 9.59 Å². The molecule has 0 aliphatic heterocycles. The number of aromatic nitrogens is 2. The Balaban J connectivity index is 1.90. The highest BCUT2D eigenvalue weighted by atomic mass is 16.2. The first-order valence-corrected chi connectivity index (χ1v) is 12.4. The molecule has 0 spiro atoms. The Morgan fingerprint density at radius 1 is 1.09 bits per heavy atom. The monoisotopic (exact) mass is 445 g/mol. The van der Waals surface area contributed by atoms with E-state index in [0.29, 0.717) is 29.7 Å². The van der Waals surface area contributed by atoms with Gasteiger partial charge in [0, 0.05) is 12.5 Å². The van der Waals surface area contributed by atoms with Crippen molar-refractivity contribution in [3.63, 3.8) is 0 Å². The summed E-state index contributed by atoms with van der Waals surface area (Å²) in [4.78, 5) is 34.5. The van der Waals surface area contributed by atoms with Gasteiger partial charge in [0.25, 0.3) is 5.56 Å². The van der Waals surface area contributed by atoms with Crippen molar-refractivity contribution in [1.29, 1.82) is 0 Å². The molecule has 3 aromatic rings. The van der Waals surface area contributed by atoms with Gasteiger partial charge < -0.3 is 4.90 Å². The molecular formula is C28H35N3O2. The minimum absolute atomic E-state index is 0.0822. The fourth-order valence-corrected chi connectivity index (χ4v) is 5.18. The molecule has 0 N–H and O–H groups in total. The lowest BCUT2D eigenvalue weighted by molar-refractivity contribution is -0.139. The second-order valence-electron chi connectivity index (χ2n) is 9.26. The highest BCUT2D eigenvalue weighted by molar-refractivity contribution is 5.80. The zero-order chi connectivity index (χ0) is 23.4. The fourth-order valence-electron chi connectivity index (χ4n) is 5.18. The quantitative estimate of drug-likeness (QED) is 0.451. The maximum absolute atomic E-state index is 13.8. The summed E-state index contributed by atoms with van der Waals surface area (Å²) >= 11 is 0. The lowest BCUT2D eigenvalue weighted by atomic mass is 9.87. The summed E-state index contributed by atoms with van der Waals surface area (Å²) in [5.41, 5.74) is 2.48. The van der Waals surface area contributed by atoms with Gasteiger partial charge in [0.1, 0.15) is 5.82 Å². The first-order chi connectivity index (χ1) is 16.0. The van der Waals surface area contributed by atoms with Gasteiger partial charge in [-0.15, -0.1) is 0 Å². The number of hydrogen-bond donors (Lipinski definition) is 0. The molecule has 5 nitrogen and oxygen atoms in total. The van der Waals surface area contributed by atoms with Gasteiger partial charge in [-0.2, -0.15) is 0 Å². The molecule has 0 radical (unpaired) electrons. The normalized spacial score (nSPS) is 15.5. The summed E-state index contributed by atoms with van der Waals surface area (Å²) in [7, 11) is 0. The van der Waals surface area contributed by atoms with Crippen LogP contribution in [0.3, 0.4) is 0 Å². The SMILES string of the molecule is CCCN(C(=O)C1CCCCC1)C(CC)c1nc2ccccc2c(=O)n1-c1cccc(C)c1. The van der Waals surface area contributed by atoms with E-state index < -0.39 is 0 Å². The minimum atomic E-state index is -0.253. The summed E-state index contributed by atoms with van der Waals surface area (Å²) in [6.45, 7) is 6.89. The molecular weight excluding hydrogens is 410 g/mol. The Kier molecular flexibility index (Phi) is 7.26. The molecule has 0 saturated heterocycles. The second kappa shape index (κ2) is 10.3. The van der Waals surface area contributed by atoms with Crippen LogP contribution in [0, 0.1) is 12.8 Å². The highest BCUT2D eigenvalue weighted by Gasteiger charge is 2.33. The number of para-hydroxylation sites is 1. The number of fused-ring (bicyclic) bond motifs is 1. The van der Waals surface area contributed by atoms with Gasteiger partial charge in [0.15, 0.2) is 0 Å². The number of nitrogens with zero attached hydrogens (tertiary/aromatic N) is 3. The van der Waals surface area contributed by atoms with Crippen molar-refractivity contribution in [2.75, 3.05) is 6.54 Å². The summed E-state index contributed by atoms with van der Waals surface area (Å²) in [5, 5.41) is 0.596. The predicted octanol–water partition coefficient (Wildman–Crippen LogP) is 5.96. The van der Waals surface area contributed by atoms with E-state index in [0.717, 1.165) is 43.4 Å². The third-order valence-electron chi connectivity index (χ3n) is 6.82.